The SMILES string of the molecule is CCC(=O)C1(C(=O)N2CCOC3(CCCCC3)C2)CC1. The number of nitrogens with zero attached hydrogens (tertiary/aromatic N) is 1. The van der Waals surface area contributed by atoms with Crippen molar-refractivity contribution in [3.63, 3.8) is 0 Å². The van der Waals surface area contributed by atoms with Crippen LogP contribution < -0.4 is 0 Å². The van der Waals surface area contributed by atoms with Crippen molar-refractivity contribution in [1.29, 1.82) is 0 Å². The van der Waals surface area contributed by atoms with Crippen LogP contribution in [0.4, 0.5) is 0 Å². The average Bonchev–Trinajstić information content (AvgIpc) is 3.28. The van der Waals surface area contributed by atoms with Crippen LogP contribution in [0, 0.1) is 5.41 Å². The van der Waals surface area contributed by atoms with Crippen LogP contribution in [0.5, 0.6) is 0 Å². The number of hydrogen-bond donors (Lipinski definition) is 0. The predicted octanol–water partition coefficient (Wildman–Crippen LogP) is 2.31. The van der Waals surface area contributed by atoms with Crippen molar-refractivity contribution in [2.45, 2.75) is 63.9 Å². The van der Waals surface area contributed by atoms with Crippen molar-refractivity contribution >= 4 is 11.7 Å². The Morgan fingerprint density at radius 3 is 2.40 bits per heavy atom. The van der Waals surface area contributed by atoms with Crippen LogP contribution in [0.1, 0.15) is 58.3 Å². The molecule has 112 valence electrons. The molecule has 1 spiro atoms. The number of ether oxygens (including phenoxy) is 1. The third kappa shape index (κ3) is 2.28. The molecule has 20 heavy (non-hydrogen) atoms. The third-order valence-electron chi connectivity index (χ3n) is 5.31. The van der Waals surface area contributed by atoms with Crippen molar-refractivity contribution in [3.8, 4) is 0 Å². The summed E-state index contributed by atoms with van der Waals surface area (Å²) < 4.78 is 6.03. The zero-order valence-electron chi connectivity index (χ0n) is 12.5. The fourth-order valence-corrected chi connectivity index (χ4v) is 3.89. The van der Waals surface area contributed by atoms with E-state index in [1.807, 2.05) is 11.8 Å². The lowest BCUT2D eigenvalue weighted by Crippen LogP contribution is -2.56. The molecule has 1 heterocycles. The summed E-state index contributed by atoms with van der Waals surface area (Å²) in [7, 11) is 0. The highest BCUT2D eigenvalue weighted by Gasteiger charge is 2.57. The Bertz CT molecular complexity index is 402. The minimum atomic E-state index is -0.651. The highest BCUT2D eigenvalue weighted by Crippen LogP contribution is 2.49. The molecule has 3 aliphatic rings. The molecule has 1 aliphatic heterocycles. The molecule has 1 amide bonds. The molecule has 3 rings (SSSR count). The second-order valence-corrected chi connectivity index (χ2v) is 6.68. The zero-order valence-corrected chi connectivity index (χ0v) is 12.5. The second-order valence-electron chi connectivity index (χ2n) is 6.68. The lowest BCUT2D eigenvalue weighted by molar-refractivity contribution is -0.163. The minimum absolute atomic E-state index is 0.0811. The van der Waals surface area contributed by atoms with Gasteiger partial charge in [-0.1, -0.05) is 26.2 Å². The summed E-state index contributed by atoms with van der Waals surface area (Å²) in [6.45, 7) is 3.84. The monoisotopic (exact) mass is 279 g/mol. The van der Waals surface area contributed by atoms with Crippen LogP contribution in [0.3, 0.4) is 0 Å². The van der Waals surface area contributed by atoms with Gasteiger partial charge in [0.05, 0.1) is 12.2 Å². The van der Waals surface area contributed by atoms with Crippen LogP contribution in [-0.4, -0.2) is 41.9 Å². The van der Waals surface area contributed by atoms with Gasteiger partial charge < -0.3 is 9.64 Å². The maximum Gasteiger partial charge on any atom is 0.236 e. The van der Waals surface area contributed by atoms with Crippen LogP contribution in [0.25, 0.3) is 0 Å². The van der Waals surface area contributed by atoms with E-state index in [2.05, 4.69) is 0 Å². The Morgan fingerprint density at radius 2 is 1.80 bits per heavy atom. The maximum absolute atomic E-state index is 12.8. The molecule has 4 heteroatoms. The summed E-state index contributed by atoms with van der Waals surface area (Å²) in [6.07, 6.45) is 7.77. The van der Waals surface area contributed by atoms with Crippen molar-refractivity contribution in [2.24, 2.45) is 5.41 Å². The summed E-state index contributed by atoms with van der Waals surface area (Å²) in [5.74, 6) is 0.212. The lowest BCUT2D eigenvalue weighted by Gasteiger charge is -2.45. The quantitative estimate of drug-likeness (QED) is 0.745. The van der Waals surface area contributed by atoms with Gasteiger partial charge in [-0.15, -0.1) is 0 Å². The number of ketones is 1. The van der Waals surface area contributed by atoms with E-state index in [0.717, 1.165) is 25.7 Å². The van der Waals surface area contributed by atoms with Gasteiger partial charge in [-0.05, 0) is 25.7 Å². The van der Waals surface area contributed by atoms with Gasteiger partial charge in [-0.2, -0.15) is 0 Å². The minimum Gasteiger partial charge on any atom is -0.371 e. The molecule has 2 aliphatic carbocycles. The summed E-state index contributed by atoms with van der Waals surface area (Å²) in [6, 6.07) is 0. The Hall–Kier alpha value is -0.900. The van der Waals surface area contributed by atoms with Gasteiger partial charge in [0.2, 0.25) is 5.91 Å². The molecule has 4 nitrogen and oxygen atoms in total. The van der Waals surface area contributed by atoms with E-state index in [0.29, 0.717) is 26.1 Å². The van der Waals surface area contributed by atoms with Crippen LogP contribution >= 0.6 is 0 Å². The third-order valence-corrected chi connectivity index (χ3v) is 5.31. The fourth-order valence-electron chi connectivity index (χ4n) is 3.89. The molecule has 1 saturated heterocycles. The van der Waals surface area contributed by atoms with Gasteiger partial charge in [0.1, 0.15) is 11.2 Å². The number of carbonyl (C=O) groups is 2. The van der Waals surface area contributed by atoms with Gasteiger partial charge in [0.25, 0.3) is 0 Å². The van der Waals surface area contributed by atoms with Crippen molar-refractivity contribution < 1.29 is 14.3 Å². The lowest BCUT2D eigenvalue weighted by atomic mass is 9.83. The first-order valence-electron chi connectivity index (χ1n) is 8.09. The van der Waals surface area contributed by atoms with Gasteiger partial charge in [0.15, 0.2) is 0 Å². The molecule has 0 bridgehead atoms. The molecular formula is C16H25NO3. The van der Waals surface area contributed by atoms with Gasteiger partial charge in [-0.3, -0.25) is 9.59 Å². The Balaban J connectivity index is 1.71. The van der Waals surface area contributed by atoms with Gasteiger partial charge in [-0.25, -0.2) is 0 Å². The first-order chi connectivity index (χ1) is 9.62. The van der Waals surface area contributed by atoms with Gasteiger partial charge >= 0.3 is 0 Å². The topological polar surface area (TPSA) is 46.6 Å². The molecule has 0 unspecified atom stereocenters. The Kier molecular flexibility index (Phi) is 3.61. The summed E-state index contributed by atoms with van der Waals surface area (Å²) in [5, 5.41) is 0. The molecule has 0 radical (unpaired) electrons. The average molecular weight is 279 g/mol. The van der Waals surface area contributed by atoms with E-state index < -0.39 is 5.41 Å². The number of hydrogen-bond acceptors (Lipinski definition) is 3. The largest absolute Gasteiger partial charge is 0.371 e. The van der Waals surface area contributed by atoms with Gasteiger partial charge in [0, 0.05) is 19.5 Å². The number of amides is 1. The highest BCUT2D eigenvalue weighted by molar-refractivity contribution is 6.08. The highest BCUT2D eigenvalue weighted by atomic mass is 16.5. The number of carbonyl (C=O) groups excluding carboxylic acids is 2. The van der Waals surface area contributed by atoms with E-state index in [1.54, 1.807) is 0 Å². The zero-order chi connectivity index (χ0) is 14.2. The summed E-state index contributed by atoms with van der Waals surface area (Å²) >= 11 is 0. The van der Waals surface area contributed by atoms with Crippen LogP contribution in [-0.2, 0) is 14.3 Å². The van der Waals surface area contributed by atoms with E-state index in [1.165, 1.54) is 19.3 Å². The molecule has 3 fully saturated rings. The molecule has 0 aromatic rings. The first-order valence-corrected chi connectivity index (χ1v) is 8.09. The Labute approximate surface area is 120 Å². The van der Waals surface area contributed by atoms with Crippen LogP contribution in [0.15, 0.2) is 0 Å². The number of morpholine rings is 1. The maximum atomic E-state index is 12.8. The molecule has 0 N–H and O–H groups in total. The van der Waals surface area contributed by atoms with E-state index in [-0.39, 0.29) is 17.3 Å². The predicted molar refractivity (Wildman–Crippen MR) is 75.3 cm³/mol. The number of rotatable bonds is 3. The molecular weight excluding hydrogens is 254 g/mol. The van der Waals surface area contributed by atoms with Crippen molar-refractivity contribution in [2.75, 3.05) is 19.7 Å². The normalized spacial score (nSPS) is 27.4. The fraction of sp³-hybridized carbons (Fsp3) is 0.875. The van der Waals surface area contributed by atoms with E-state index >= 15 is 0 Å². The molecule has 0 atom stereocenters. The summed E-state index contributed by atoms with van der Waals surface area (Å²) in [5.41, 5.74) is -0.764. The standard InChI is InChI=1S/C16H25NO3/c1-2-13(18)16(8-9-16)14(19)17-10-11-20-15(12-17)6-4-3-5-7-15/h2-12H2,1H3. The molecule has 2 saturated carbocycles. The Morgan fingerprint density at radius 1 is 1.10 bits per heavy atom. The van der Waals surface area contributed by atoms with Crippen LogP contribution in [0.2, 0.25) is 0 Å². The summed E-state index contributed by atoms with van der Waals surface area (Å²) in [4.78, 5) is 26.8. The van der Waals surface area contributed by atoms with Crippen molar-refractivity contribution in [3.05, 3.63) is 0 Å². The molecule has 0 aromatic heterocycles. The second kappa shape index (κ2) is 5.14. The molecule has 0 aromatic carbocycles. The number of Topliss-reactive ketones (excluding diaryl/α,β-unsaturated/α-hetero) is 1. The van der Waals surface area contributed by atoms with E-state index in [4.69, 9.17) is 4.74 Å². The van der Waals surface area contributed by atoms with Crippen molar-refractivity contribution in [1.82, 2.24) is 4.90 Å². The van der Waals surface area contributed by atoms with E-state index in [9.17, 15) is 9.59 Å². The smallest absolute Gasteiger partial charge is 0.236 e. The first kappa shape index (κ1) is 14.1.